The Balaban J connectivity index is 1.94. The smallest absolute Gasteiger partial charge is 0.0782 e. The van der Waals surface area contributed by atoms with Crippen LogP contribution in [0.5, 0.6) is 0 Å². The maximum absolute atomic E-state index is 4.44. The summed E-state index contributed by atoms with van der Waals surface area (Å²) in [5.41, 5.74) is 2.12. The van der Waals surface area contributed by atoms with Gasteiger partial charge in [0.15, 0.2) is 0 Å². The fraction of sp³-hybridized carbons (Fsp3) is 0.714. The van der Waals surface area contributed by atoms with Crippen LogP contribution in [0.25, 0.3) is 0 Å². The van der Waals surface area contributed by atoms with Crippen LogP contribution in [0.4, 0.5) is 0 Å². The van der Waals surface area contributed by atoms with Gasteiger partial charge in [0, 0.05) is 24.5 Å². The summed E-state index contributed by atoms with van der Waals surface area (Å²) in [5, 5.41) is 3.69. The van der Waals surface area contributed by atoms with E-state index >= 15 is 0 Å². The lowest BCUT2D eigenvalue weighted by atomic mass is 10.1. The van der Waals surface area contributed by atoms with Gasteiger partial charge in [0.25, 0.3) is 0 Å². The summed E-state index contributed by atoms with van der Waals surface area (Å²) in [6.07, 6.45) is 8.91. The average Bonchev–Trinajstić information content (AvgIpc) is 3.12. The minimum atomic E-state index is 0.299. The minimum absolute atomic E-state index is 0.299. The van der Waals surface area contributed by atoms with Gasteiger partial charge < -0.3 is 5.32 Å². The first-order valence-electron chi connectivity index (χ1n) is 6.74. The fourth-order valence-corrected chi connectivity index (χ4v) is 2.38. The van der Waals surface area contributed by atoms with Crippen molar-refractivity contribution in [3.8, 4) is 0 Å². The molecule has 0 amide bonds. The van der Waals surface area contributed by atoms with Crippen LogP contribution in [-0.4, -0.2) is 16.0 Å². The lowest BCUT2D eigenvalue weighted by molar-refractivity contribution is 0.398. The van der Waals surface area contributed by atoms with E-state index in [0.29, 0.717) is 12.1 Å². The van der Waals surface area contributed by atoms with Gasteiger partial charge in [-0.3, -0.25) is 9.97 Å². The summed E-state index contributed by atoms with van der Waals surface area (Å²) in [6.45, 7) is 6.48. The van der Waals surface area contributed by atoms with Crippen molar-refractivity contribution < 1.29 is 0 Å². The van der Waals surface area contributed by atoms with Crippen LogP contribution < -0.4 is 5.32 Å². The zero-order chi connectivity index (χ0) is 12.3. The second-order valence-corrected chi connectivity index (χ2v) is 5.20. The van der Waals surface area contributed by atoms with Crippen molar-refractivity contribution >= 4 is 0 Å². The molecule has 0 aliphatic heterocycles. The molecule has 1 aromatic heterocycles. The minimum Gasteiger partial charge on any atom is -0.306 e. The standard InChI is InChI=1S/C14H23N3/c1-4-13(9-12-5-6-12)17-11(3)14-10(2)15-7-8-16-14/h7-8,11-13,17H,4-6,9H2,1-3H3. The summed E-state index contributed by atoms with van der Waals surface area (Å²) in [7, 11) is 0. The molecule has 1 fully saturated rings. The van der Waals surface area contributed by atoms with E-state index in [9.17, 15) is 0 Å². The maximum Gasteiger partial charge on any atom is 0.0782 e. The third-order valence-electron chi connectivity index (χ3n) is 3.62. The first kappa shape index (κ1) is 12.5. The fourth-order valence-electron chi connectivity index (χ4n) is 2.38. The number of nitrogens with zero attached hydrogens (tertiary/aromatic N) is 2. The van der Waals surface area contributed by atoms with Crippen LogP contribution in [0.1, 0.15) is 57.0 Å². The van der Waals surface area contributed by atoms with Gasteiger partial charge in [0.1, 0.15) is 0 Å². The van der Waals surface area contributed by atoms with Gasteiger partial charge in [-0.1, -0.05) is 19.8 Å². The Labute approximate surface area is 104 Å². The second-order valence-electron chi connectivity index (χ2n) is 5.20. The third-order valence-corrected chi connectivity index (χ3v) is 3.62. The number of aromatic nitrogens is 2. The zero-order valence-corrected chi connectivity index (χ0v) is 11.1. The lowest BCUT2D eigenvalue weighted by Gasteiger charge is -2.22. The SMILES string of the molecule is CCC(CC1CC1)NC(C)c1nccnc1C. The van der Waals surface area contributed by atoms with E-state index < -0.39 is 0 Å². The lowest BCUT2D eigenvalue weighted by Crippen LogP contribution is -2.32. The van der Waals surface area contributed by atoms with E-state index in [4.69, 9.17) is 0 Å². The van der Waals surface area contributed by atoms with Crippen molar-refractivity contribution in [1.82, 2.24) is 15.3 Å². The first-order valence-corrected chi connectivity index (χ1v) is 6.74. The van der Waals surface area contributed by atoms with Crippen LogP contribution in [0.3, 0.4) is 0 Å². The molecule has 0 spiro atoms. The zero-order valence-electron chi connectivity index (χ0n) is 11.1. The molecule has 2 atom stereocenters. The van der Waals surface area contributed by atoms with E-state index in [-0.39, 0.29) is 0 Å². The van der Waals surface area contributed by atoms with Gasteiger partial charge >= 0.3 is 0 Å². The highest BCUT2D eigenvalue weighted by atomic mass is 15.0. The second kappa shape index (κ2) is 5.58. The van der Waals surface area contributed by atoms with Gasteiger partial charge in [0.05, 0.1) is 11.4 Å². The van der Waals surface area contributed by atoms with Gasteiger partial charge in [-0.05, 0) is 32.6 Å². The predicted molar refractivity (Wildman–Crippen MR) is 69.7 cm³/mol. The quantitative estimate of drug-likeness (QED) is 0.820. The van der Waals surface area contributed by atoms with E-state index in [1.54, 1.807) is 12.4 Å². The predicted octanol–water partition coefficient (Wildman–Crippen LogP) is 3.01. The van der Waals surface area contributed by atoms with Crippen LogP contribution in [0.15, 0.2) is 12.4 Å². The molecule has 1 aliphatic carbocycles. The molecule has 1 N–H and O–H groups in total. The summed E-state index contributed by atoms with van der Waals surface area (Å²) >= 11 is 0. The molecule has 2 unspecified atom stereocenters. The van der Waals surface area contributed by atoms with Gasteiger partial charge in [-0.15, -0.1) is 0 Å². The van der Waals surface area contributed by atoms with E-state index in [1.807, 2.05) is 6.92 Å². The molecule has 0 aromatic carbocycles. The van der Waals surface area contributed by atoms with Crippen LogP contribution in [0.2, 0.25) is 0 Å². The van der Waals surface area contributed by atoms with Gasteiger partial charge in [0.2, 0.25) is 0 Å². The summed E-state index contributed by atoms with van der Waals surface area (Å²) in [5.74, 6) is 0.975. The van der Waals surface area contributed by atoms with Crippen LogP contribution in [0, 0.1) is 12.8 Å². The molecule has 1 aliphatic rings. The summed E-state index contributed by atoms with van der Waals surface area (Å²) in [6, 6.07) is 0.923. The van der Waals surface area contributed by atoms with Crippen LogP contribution >= 0.6 is 0 Å². The van der Waals surface area contributed by atoms with E-state index in [0.717, 1.165) is 17.3 Å². The average molecular weight is 233 g/mol. The summed E-state index contributed by atoms with van der Waals surface area (Å²) < 4.78 is 0. The molecule has 0 saturated heterocycles. The van der Waals surface area contributed by atoms with Crippen LogP contribution in [-0.2, 0) is 0 Å². The molecular weight excluding hydrogens is 210 g/mol. The molecule has 1 aromatic rings. The Morgan fingerprint density at radius 3 is 2.65 bits per heavy atom. The molecule has 3 heteroatoms. The molecule has 1 saturated carbocycles. The number of rotatable bonds is 6. The first-order chi connectivity index (χ1) is 8.20. The Kier molecular flexibility index (Phi) is 4.11. The molecule has 2 rings (SSSR count). The summed E-state index contributed by atoms with van der Waals surface area (Å²) in [4.78, 5) is 8.74. The highest BCUT2D eigenvalue weighted by Crippen LogP contribution is 2.34. The van der Waals surface area contributed by atoms with E-state index in [2.05, 4.69) is 29.1 Å². The molecule has 3 nitrogen and oxygen atoms in total. The van der Waals surface area contributed by atoms with E-state index in [1.165, 1.54) is 25.7 Å². The Morgan fingerprint density at radius 2 is 2.06 bits per heavy atom. The van der Waals surface area contributed by atoms with Crippen molar-refractivity contribution in [2.75, 3.05) is 0 Å². The Hall–Kier alpha value is -0.960. The molecular formula is C14H23N3. The normalized spacial score (nSPS) is 19.0. The van der Waals surface area contributed by atoms with Crippen molar-refractivity contribution in [2.45, 2.75) is 58.5 Å². The topological polar surface area (TPSA) is 37.8 Å². The Bertz CT molecular complexity index is 360. The molecule has 0 bridgehead atoms. The highest BCUT2D eigenvalue weighted by Gasteiger charge is 2.25. The number of hydrogen-bond acceptors (Lipinski definition) is 3. The largest absolute Gasteiger partial charge is 0.306 e. The number of aryl methyl sites for hydroxylation is 1. The monoisotopic (exact) mass is 233 g/mol. The number of nitrogens with one attached hydrogen (secondary N) is 1. The van der Waals surface area contributed by atoms with Crippen molar-refractivity contribution in [3.05, 3.63) is 23.8 Å². The number of hydrogen-bond donors (Lipinski definition) is 1. The third kappa shape index (κ3) is 3.50. The highest BCUT2D eigenvalue weighted by molar-refractivity contribution is 5.12. The maximum atomic E-state index is 4.44. The molecule has 0 radical (unpaired) electrons. The van der Waals surface area contributed by atoms with Gasteiger partial charge in [-0.25, -0.2) is 0 Å². The van der Waals surface area contributed by atoms with Crippen molar-refractivity contribution in [1.29, 1.82) is 0 Å². The van der Waals surface area contributed by atoms with Crippen molar-refractivity contribution in [3.63, 3.8) is 0 Å². The molecule has 17 heavy (non-hydrogen) atoms. The van der Waals surface area contributed by atoms with Crippen molar-refractivity contribution in [2.24, 2.45) is 5.92 Å². The Morgan fingerprint density at radius 1 is 1.35 bits per heavy atom. The molecule has 1 heterocycles. The molecule has 94 valence electrons. The van der Waals surface area contributed by atoms with Gasteiger partial charge in [-0.2, -0.15) is 0 Å².